The number of alkyl carbamates (subject to hydrolysis) is 1. The van der Waals surface area contributed by atoms with Crippen LogP contribution >= 0.6 is 0 Å². The molecular formula is C31H42N2O5. The number of carbonyl (C=O) groups is 3. The van der Waals surface area contributed by atoms with E-state index < -0.39 is 35.8 Å². The number of ketones is 1. The van der Waals surface area contributed by atoms with E-state index in [1.165, 1.54) is 0 Å². The predicted octanol–water partition coefficient (Wildman–Crippen LogP) is 5.66. The van der Waals surface area contributed by atoms with E-state index in [1.807, 2.05) is 86.3 Å². The third kappa shape index (κ3) is 8.42. The zero-order valence-electron chi connectivity index (χ0n) is 23.3. The smallest absolute Gasteiger partial charge is 0.407 e. The summed E-state index contributed by atoms with van der Waals surface area (Å²) in [7, 11) is 0. The summed E-state index contributed by atoms with van der Waals surface area (Å²) < 4.78 is 11.2. The summed E-state index contributed by atoms with van der Waals surface area (Å²) in [6, 6.07) is 17.3. The molecular weight excluding hydrogens is 480 g/mol. The highest BCUT2D eigenvalue weighted by Crippen LogP contribution is 2.32. The number of Topliss-reactive ketones (excluding diaryl/α,β-unsaturated/α-hetero) is 1. The quantitative estimate of drug-likeness (QED) is 0.383. The Balaban J connectivity index is 1.88. The first-order valence-corrected chi connectivity index (χ1v) is 13.6. The van der Waals surface area contributed by atoms with Crippen LogP contribution in [0.25, 0.3) is 0 Å². The molecule has 0 aromatic heterocycles. The van der Waals surface area contributed by atoms with Gasteiger partial charge in [0.25, 0.3) is 0 Å². The number of carbonyl (C=O) groups excluding carboxylic acids is 3. The fourth-order valence-electron chi connectivity index (χ4n) is 4.98. The van der Waals surface area contributed by atoms with Crippen LogP contribution in [0.3, 0.4) is 0 Å². The van der Waals surface area contributed by atoms with Crippen LogP contribution in [-0.2, 0) is 32.2 Å². The molecule has 1 heterocycles. The lowest BCUT2D eigenvalue weighted by molar-refractivity contribution is -0.161. The van der Waals surface area contributed by atoms with Crippen LogP contribution in [0.5, 0.6) is 0 Å². The number of rotatable bonds is 11. The van der Waals surface area contributed by atoms with E-state index in [2.05, 4.69) is 19.2 Å². The minimum absolute atomic E-state index is 0.0223. The summed E-state index contributed by atoms with van der Waals surface area (Å²) in [5.74, 6) is -0.128. The Kier molecular flexibility index (Phi) is 10.5. The number of nitrogens with zero attached hydrogens (tertiary/aromatic N) is 1. The van der Waals surface area contributed by atoms with Gasteiger partial charge >= 0.3 is 12.1 Å². The molecule has 1 saturated heterocycles. The molecule has 0 aliphatic carbocycles. The summed E-state index contributed by atoms with van der Waals surface area (Å²) in [5, 5.41) is 2.92. The Morgan fingerprint density at radius 3 is 2.08 bits per heavy atom. The van der Waals surface area contributed by atoms with E-state index >= 15 is 0 Å². The van der Waals surface area contributed by atoms with Crippen molar-refractivity contribution >= 4 is 17.8 Å². The second kappa shape index (κ2) is 13.6. The summed E-state index contributed by atoms with van der Waals surface area (Å²) in [6.45, 7) is 10.2. The summed E-state index contributed by atoms with van der Waals surface area (Å²) in [4.78, 5) is 42.0. The fraction of sp³-hybridized carbons (Fsp3) is 0.516. The molecule has 7 heteroatoms. The molecule has 1 fully saturated rings. The maximum atomic E-state index is 13.8. The van der Waals surface area contributed by atoms with Gasteiger partial charge in [-0.1, -0.05) is 87.4 Å². The lowest BCUT2D eigenvalue weighted by Gasteiger charge is -2.32. The fourth-order valence-corrected chi connectivity index (χ4v) is 4.98. The normalized spacial score (nSPS) is 19.8. The summed E-state index contributed by atoms with van der Waals surface area (Å²) >= 11 is 0. The van der Waals surface area contributed by atoms with Gasteiger partial charge in [-0.25, -0.2) is 4.79 Å². The number of hydrogen-bond donors (Lipinski definition) is 1. The molecule has 206 valence electrons. The number of esters is 1. The molecule has 0 spiro atoms. The molecule has 0 radical (unpaired) electrons. The van der Waals surface area contributed by atoms with Crippen molar-refractivity contribution in [1.29, 1.82) is 0 Å². The summed E-state index contributed by atoms with van der Waals surface area (Å²) in [5.41, 5.74) is 1.17. The number of likely N-dealkylation sites (tertiary alicyclic amines) is 1. The van der Waals surface area contributed by atoms with E-state index in [1.54, 1.807) is 0 Å². The van der Waals surface area contributed by atoms with E-state index in [-0.39, 0.29) is 24.7 Å². The Morgan fingerprint density at radius 1 is 0.947 bits per heavy atom. The van der Waals surface area contributed by atoms with Gasteiger partial charge in [-0.15, -0.1) is 0 Å². The molecule has 2 aromatic rings. The van der Waals surface area contributed by atoms with E-state index in [0.29, 0.717) is 13.0 Å². The number of benzene rings is 2. The Bertz CT molecular complexity index is 1050. The largest absolute Gasteiger partial charge is 0.459 e. The highest BCUT2D eigenvalue weighted by molar-refractivity contribution is 5.88. The van der Waals surface area contributed by atoms with Crippen molar-refractivity contribution in [2.45, 2.75) is 97.2 Å². The Labute approximate surface area is 226 Å². The summed E-state index contributed by atoms with van der Waals surface area (Å²) in [6.07, 6.45) is 1.83. The molecule has 0 saturated carbocycles. The molecule has 2 aromatic carbocycles. The van der Waals surface area contributed by atoms with E-state index in [9.17, 15) is 14.4 Å². The Morgan fingerprint density at radius 2 is 1.53 bits per heavy atom. The van der Waals surface area contributed by atoms with Crippen molar-refractivity contribution in [3.8, 4) is 0 Å². The SMILES string of the molecule is CCC(CC)CC(=O)[C@H]1[C@H](NC(=O)OCc2ccccc2)C[C@H](C(=O)OC(C)(C)C)N1Cc1ccccc1. The van der Waals surface area contributed by atoms with E-state index in [0.717, 1.165) is 24.0 Å². The molecule has 1 amide bonds. The van der Waals surface area contributed by atoms with Crippen molar-refractivity contribution in [2.75, 3.05) is 0 Å². The van der Waals surface area contributed by atoms with Crippen LogP contribution in [0.4, 0.5) is 4.79 Å². The zero-order valence-corrected chi connectivity index (χ0v) is 23.3. The average molecular weight is 523 g/mol. The van der Waals surface area contributed by atoms with Crippen molar-refractivity contribution in [1.82, 2.24) is 10.2 Å². The van der Waals surface area contributed by atoms with Crippen LogP contribution < -0.4 is 5.32 Å². The van der Waals surface area contributed by atoms with Gasteiger partial charge in [0.15, 0.2) is 5.78 Å². The second-order valence-corrected chi connectivity index (χ2v) is 11.1. The number of hydrogen-bond acceptors (Lipinski definition) is 6. The van der Waals surface area contributed by atoms with Gasteiger partial charge in [0.2, 0.25) is 0 Å². The first-order valence-electron chi connectivity index (χ1n) is 13.6. The third-order valence-electron chi connectivity index (χ3n) is 6.99. The molecule has 7 nitrogen and oxygen atoms in total. The number of nitrogens with one attached hydrogen (secondary N) is 1. The molecule has 1 aliphatic heterocycles. The topological polar surface area (TPSA) is 84.9 Å². The lowest BCUT2D eigenvalue weighted by atomic mass is 9.91. The highest BCUT2D eigenvalue weighted by Gasteiger charge is 2.49. The zero-order chi connectivity index (χ0) is 27.7. The van der Waals surface area contributed by atoms with Gasteiger partial charge in [0.05, 0.1) is 12.1 Å². The van der Waals surface area contributed by atoms with Gasteiger partial charge in [-0.3, -0.25) is 14.5 Å². The first kappa shape index (κ1) is 29.4. The molecule has 3 rings (SSSR count). The maximum absolute atomic E-state index is 13.8. The highest BCUT2D eigenvalue weighted by atomic mass is 16.6. The molecule has 0 bridgehead atoms. The second-order valence-electron chi connectivity index (χ2n) is 11.1. The van der Waals surface area contributed by atoms with Crippen LogP contribution in [0, 0.1) is 5.92 Å². The molecule has 3 atom stereocenters. The van der Waals surface area contributed by atoms with Crippen LogP contribution in [0.1, 0.15) is 71.4 Å². The average Bonchev–Trinajstić information content (AvgIpc) is 3.23. The molecule has 1 aliphatic rings. The monoisotopic (exact) mass is 522 g/mol. The van der Waals surface area contributed by atoms with Gasteiger partial charge in [-0.05, 0) is 44.2 Å². The van der Waals surface area contributed by atoms with Gasteiger partial charge in [0, 0.05) is 13.0 Å². The molecule has 0 unspecified atom stereocenters. The van der Waals surface area contributed by atoms with E-state index in [4.69, 9.17) is 9.47 Å². The van der Waals surface area contributed by atoms with Crippen LogP contribution in [0.2, 0.25) is 0 Å². The number of ether oxygens (including phenoxy) is 2. The van der Waals surface area contributed by atoms with Gasteiger partial charge in [0.1, 0.15) is 18.2 Å². The minimum Gasteiger partial charge on any atom is -0.459 e. The maximum Gasteiger partial charge on any atom is 0.407 e. The Hall–Kier alpha value is -3.19. The van der Waals surface area contributed by atoms with Crippen LogP contribution in [0.15, 0.2) is 60.7 Å². The van der Waals surface area contributed by atoms with Gasteiger partial charge < -0.3 is 14.8 Å². The van der Waals surface area contributed by atoms with Gasteiger partial charge in [-0.2, -0.15) is 0 Å². The van der Waals surface area contributed by atoms with Crippen molar-refractivity contribution in [2.24, 2.45) is 5.92 Å². The van der Waals surface area contributed by atoms with Crippen molar-refractivity contribution < 1.29 is 23.9 Å². The number of amides is 1. The lowest BCUT2D eigenvalue weighted by Crippen LogP contribution is -2.51. The van der Waals surface area contributed by atoms with Crippen molar-refractivity contribution in [3.63, 3.8) is 0 Å². The minimum atomic E-state index is -0.676. The third-order valence-corrected chi connectivity index (χ3v) is 6.99. The molecule has 38 heavy (non-hydrogen) atoms. The first-order chi connectivity index (χ1) is 18.1. The predicted molar refractivity (Wildman–Crippen MR) is 147 cm³/mol. The van der Waals surface area contributed by atoms with Crippen molar-refractivity contribution in [3.05, 3.63) is 71.8 Å². The standard InChI is InChI=1S/C31H42N2O5/c1-6-22(7-2)18-27(34)28-25(32-30(36)37-21-24-16-12-9-13-17-24)19-26(29(35)38-31(3,4)5)33(28)20-23-14-10-8-11-15-23/h8-17,22,25-26,28H,6-7,18-21H2,1-5H3,(H,32,36)/t25-,26-,28-/m1/s1. The van der Waals surface area contributed by atoms with Crippen LogP contribution in [-0.4, -0.2) is 46.5 Å². The molecule has 1 N–H and O–H groups in total.